The van der Waals surface area contributed by atoms with Gasteiger partial charge in [0.05, 0.1) is 23.2 Å². The summed E-state index contributed by atoms with van der Waals surface area (Å²) in [5, 5.41) is 14.5. The normalized spacial score (nSPS) is 25.9. The number of rotatable bonds is 3. The van der Waals surface area contributed by atoms with E-state index in [1.165, 1.54) is 11.0 Å². The van der Waals surface area contributed by atoms with Crippen molar-refractivity contribution in [1.82, 2.24) is 5.16 Å². The fourth-order valence-electron chi connectivity index (χ4n) is 4.13. The Morgan fingerprint density at radius 2 is 2.26 bits per heavy atom. The molecule has 0 unspecified atom stereocenters. The zero-order valence-corrected chi connectivity index (χ0v) is 15.1. The lowest BCUT2D eigenvalue weighted by atomic mass is 9.87. The molecule has 0 bridgehead atoms. The third-order valence-electron chi connectivity index (χ3n) is 5.00. The van der Waals surface area contributed by atoms with Crippen molar-refractivity contribution in [3.8, 4) is 0 Å². The summed E-state index contributed by atoms with van der Waals surface area (Å²) >= 11 is 0. The van der Waals surface area contributed by atoms with Gasteiger partial charge in [-0.05, 0) is 25.3 Å². The summed E-state index contributed by atoms with van der Waals surface area (Å²) in [6.45, 7) is 4.82. The van der Waals surface area contributed by atoms with Gasteiger partial charge >= 0.3 is 6.09 Å². The fraction of sp³-hybridized carbons (Fsp3) is 0.500. The lowest BCUT2D eigenvalue weighted by molar-refractivity contribution is 0.0282. The van der Waals surface area contributed by atoms with Crippen LogP contribution in [-0.2, 0) is 4.74 Å². The highest BCUT2D eigenvalue weighted by molar-refractivity contribution is 6.03. The zero-order valence-electron chi connectivity index (χ0n) is 15.1. The molecule has 2 atom stereocenters. The minimum absolute atomic E-state index is 0.0797. The number of ether oxygens (including phenoxy) is 1. The van der Waals surface area contributed by atoms with E-state index in [2.05, 4.69) is 5.16 Å². The maximum absolute atomic E-state index is 15.3. The van der Waals surface area contributed by atoms with Gasteiger partial charge in [0.1, 0.15) is 6.61 Å². The van der Waals surface area contributed by atoms with Gasteiger partial charge in [0, 0.05) is 18.7 Å². The van der Waals surface area contributed by atoms with Gasteiger partial charge in [-0.2, -0.15) is 0 Å². The van der Waals surface area contributed by atoms with Crippen LogP contribution < -0.4 is 9.80 Å². The summed E-state index contributed by atoms with van der Waals surface area (Å²) in [7, 11) is 0. The second-order valence-corrected chi connectivity index (χ2v) is 7.58. The molecule has 1 amide bonds. The van der Waals surface area contributed by atoms with Crippen LogP contribution in [0.15, 0.2) is 10.6 Å². The number of fused-ring (bicyclic) bond motifs is 1. The van der Waals surface area contributed by atoms with Crippen molar-refractivity contribution >= 4 is 34.9 Å². The topological polar surface area (TPSA) is 96.1 Å². The van der Waals surface area contributed by atoms with Crippen molar-refractivity contribution in [2.45, 2.75) is 25.9 Å². The molecule has 0 aliphatic carbocycles. The second kappa shape index (κ2) is 6.19. The number of carbonyl (C=O) groups is 2. The number of cyclic esters (lactones) is 1. The largest absolute Gasteiger partial charge is 0.447 e. The van der Waals surface area contributed by atoms with Crippen molar-refractivity contribution in [2.24, 2.45) is 5.92 Å². The molecule has 3 heterocycles. The van der Waals surface area contributed by atoms with Crippen molar-refractivity contribution in [2.75, 3.05) is 36.0 Å². The number of anilines is 2. The third-order valence-corrected chi connectivity index (χ3v) is 5.00. The number of aliphatic hydroxyl groups is 1. The van der Waals surface area contributed by atoms with Crippen LogP contribution in [-0.4, -0.2) is 54.5 Å². The molecule has 27 heavy (non-hydrogen) atoms. The second-order valence-electron chi connectivity index (χ2n) is 7.58. The summed E-state index contributed by atoms with van der Waals surface area (Å²) in [5.41, 5.74) is -0.938. The first-order valence-electron chi connectivity index (χ1n) is 8.79. The number of aldehydes is 1. The number of aromatic nitrogens is 1. The maximum Gasteiger partial charge on any atom is 0.415 e. The first kappa shape index (κ1) is 17.7. The number of halogens is 1. The summed E-state index contributed by atoms with van der Waals surface area (Å²) in [5.74, 6) is -0.487. The summed E-state index contributed by atoms with van der Waals surface area (Å²) in [6.07, 6.45) is 0.557. The monoisotopic (exact) mass is 377 g/mol. The predicted molar refractivity (Wildman–Crippen MR) is 94.7 cm³/mol. The first-order chi connectivity index (χ1) is 12.8. The van der Waals surface area contributed by atoms with Crippen LogP contribution in [0.25, 0.3) is 11.0 Å². The number of nitrogens with zero attached hydrogens (tertiary/aromatic N) is 3. The molecule has 0 spiro atoms. The Balaban J connectivity index is 1.84. The standard InChI is InChI=1S/C18H20FN3O5/c1-10-6-18(2,25)9-21(7-10)14-11(8-23)5-12-15(13(14)19)27-20-16(12)22-3-4-26-17(22)24/h5,8,10,25H,3-4,6-7,9H2,1-2H3/t10-,18+/m0/s1. The summed E-state index contributed by atoms with van der Waals surface area (Å²) < 4.78 is 25.4. The van der Waals surface area contributed by atoms with Gasteiger partial charge in [-0.25, -0.2) is 9.18 Å². The number of amides is 1. The molecular formula is C18H20FN3O5. The molecule has 1 aromatic heterocycles. The molecule has 2 fully saturated rings. The molecule has 144 valence electrons. The predicted octanol–water partition coefficient (Wildman–Crippen LogP) is 2.33. The van der Waals surface area contributed by atoms with Crippen LogP contribution in [0.5, 0.6) is 0 Å². The van der Waals surface area contributed by atoms with E-state index in [0.717, 1.165) is 0 Å². The highest BCUT2D eigenvalue weighted by Crippen LogP contribution is 2.38. The quantitative estimate of drug-likeness (QED) is 0.820. The minimum Gasteiger partial charge on any atom is -0.447 e. The highest BCUT2D eigenvalue weighted by atomic mass is 19.1. The van der Waals surface area contributed by atoms with Crippen molar-refractivity contribution in [3.05, 3.63) is 17.4 Å². The van der Waals surface area contributed by atoms with Gasteiger partial charge in [0.25, 0.3) is 0 Å². The van der Waals surface area contributed by atoms with Gasteiger partial charge in [0.15, 0.2) is 17.9 Å². The average Bonchev–Trinajstić information content (AvgIpc) is 3.18. The molecule has 9 heteroatoms. The third kappa shape index (κ3) is 2.91. The number of β-amino-alcohol motifs (C(OH)–C–C–N with tert-alkyl or cyclic N) is 1. The van der Waals surface area contributed by atoms with Crippen LogP contribution in [0.2, 0.25) is 0 Å². The Labute approximate surface area is 154 Å². The SMILES string of the molecule is C[C@@H]1CN(c2c(C=O)cc3c(N4CCOC4=O)noc3c2F)C[C@](C)(O)C1. The molecule has 2 aliphatic heterocycles. The Hall–Kier alpha value is -2.68. The summed E-state index contributed by atoms with van der Waals surface area (Å²) in [4.78, 5) is 26.4. The van der Waals surface area contributed by atoms with Crippen LogP contribution in [0.3, 0.4) is 0 Å². The lowest BCUT2D eigenvalue weighted by Gasteiger charge is -2.42. The van der Waals surface area contributed by atoms with Crippen LogP contribution in [0.4, 0.5) is 20.7 Å². The van der Waals surface area contributed by atoms with E-state index in [1.54, 1.807) is 11.8 Å². The zero-order chi connectivity index (χ0) is 19.3. The Morgan fingerprint density at radius 3 is 2.89 bits per heavy atom. The molecule has 0 saturated carbocycles. The Morgan fingerprint density at radius 1 is 1.48 bits per heavy atom. The lowest BCUT2D eigenvalue weighted by Crippen LogP contribution is -2.50. The highest BCUT2D eigenvalue weighted by Gasteiger charge is 2.36. The molecule has 2 aliphatic rings. The van der Waals surface area contributed by atoms with E-state index < -0.39 is 17.5 Å². The molecule has 0 radical (unpaired) electrons. The molecule has 4 rings (SSSR count). The Kier molecular flexibility index (Phi) is 4.06. The molecule has 2 aromatic rings. The first-order valence-corrected chi connectivity index (χ1v) is 8.79. The average molecular weight is 377 g/mol. The maximum atomic E-state index is 15.3. The number of carbonyl (C=O) groups excluding carboxylic acids is 2. The minimum atomic E-state index is -0.995. The van der Waals surface area contributed by atoms with Crippen LogP contribution in [0, 0.1) is 11.7 Å². The molecule has 1 N–H and O–H groups in total. The van der Waals surface area contributed by atoms with Gasteiger partial charge in [0.2, 0.25) is 5.58 Å². The van der Waals surface area contributed by atoms with Gasteiger partial charge < -0.3 is 19.3 Å². The smallest absolute Gasteiger partial charge is 0.415 e. The van der Waals surface area contributed by atoms with Gasteiger partial charge in [-0.3, -0.25) is 9.69 Å². The van der Waals surface area contributed by atoms with Crippen LogP contribution in [0.1, 0.15) is 30.6 Å². The van der Waals surface area contributed by atoms with Gasteiger partial charge in [-0.1, -0.05) is 12.1 Å². The van der Waals surface area contributed by atoms with E-state index in [4.69, 9.17) is 9.26 Å². The van der Waals surface area contributed by atoms with E-state index >= 15 is 4.39 Å². The fourth-order valence-corrected chi connectivity index (χ4v) is 4.13. The van der Waals surface area contributed by atoms with Crippen molar-refractivity contribution in [3.63, 3.8) is 0 Å². The van der Waals surface area contributed by atoms with Crippen molar-refractivity contribution < 1.29 is 28.3 Å². The van der Waals surface area contributed by atoms with Crippen molar-refractivity contribution in [1.29, 1.82) is 0 Å². The summed E-state index contributed by atoms with van der Waals surface area (Å²) in [6, 6.07) is 1.46. The van der Waals surface area contributed by atoms with E-state index in [1.807, 2.05) is 6.92 Å². The van der Waals surface area contributed by atoms with Crippen LogP contribution >= 0.6 is 0 Å². The van der Waals surface area contributed by atoms with E-state index in [-0.39, 0.29) is 53.7 Å². The number of hydrogen-bond acceptors (Lipinski definition) is 7. The number of benzene rings is 1. The number of hydrogen-bond donors (Lipinski definition) is 1. The molecule has 2 saturated heterocycles. The Bertz CT molecular complexity index is 925. The van der Waals surface area contributed by atoms with Gasteiger partial charge in [-0.15, -0.1) is 0 Å². The molecule has 1 aromatic carbocycles. The number of piperidine rings is 1. The molecule has 8 nitrogen and oxygen atoms in total. The molecular weight excluding hydrogens is 357 g/mol. The van der Waals surface area contributed by atoms with E-state index in [9.17, 15) is 14.7 Å². The van der Waals surface area contributed by atoms with E-state index in [0.29, 0.717) is 19.3 Å².